The van der Waals surface area contributed by atoms with Crippen molar-refractivity contribution < 1.29 is 0 Å². The monoisotopic (exact) mass is 244 g/mol. The second-order valence-corrected chi connectivity index (χ2v) is 5.06. The average Bonchev–Trinajstić information content (AvgIpc) is 2.71. The summed E-state index contributed by atoms with van der Waals surface area (Å²) >= 11 is 0. The zero-order chi connectivity index (χ0) is 12.8. The van der Waals surface area contributed by atoms with Crippen molar-refractivity contribution in [3.63, 3.8) is 0 Å². The Morgan fingerprint density at radius 1 is 1.00 bits per heavy atom. The molecule has 2 nitrogen and oxygen atoms in total. The van der Waals surface area contributed by atoms with Crippen molar-refractivity contribution in [1.29, 1.82) is 0 Å². The van der Waals surface area contributed by atoms with Crippen LogP contribution in [0.15, 0.2) is 30.5 Å². The van der Waals surface area contributed by atoms with Crippen LogP contribution in [0.3, 0.4) is 0 Å². The lowest BCUT2D eigenvalue weighted by Crippen LogP contribution is -2.01. The van der Waals surface area contributed by atoms with Crippen molar-refractivity contribution in [2.45, 2.75) is 52.0 Å². The number of hydrogen-bond donors (Lipinski definition) is 1. The number of nitrogen functional groups attached to an aromatic ring is 1. The lowest BCUT2D eigenvalue weighted by Gasteiger charge is -2.05. The molecular weight excluding hydrogens is 220 g/mol. The number of aryl methyl sites for hydroxylation is 1. The van der Waals surface area contributed by atoms with Crippen molar-refractivity contribution in [3.8, 4) is 0 Å². The molecular formula is C16H24N2. The normalized spacial score (nSPS) is 11.2. The Kier molecular flexibility index (Phi) is 4.68. The molecule has 1 aromatic heterocycles. The van der Waals surface area contributed by atoms with Crippen molar-refractivity contribution >= 4 is 16.6 Å². The number of aromatic nitrogens is 1. The van der Waals surface area contributed by atoms with Crippen LogP contribution in [0.4, 0.5) is 5.82 Å². The summed E-state index contributed by atoms with van der Waals surface area (Å²) in [5.41, 5.74) is 6.16. The largest absolute Gasteiger partial charge is 0.385 e. The van der Waals surface area contributed by atoms with E-state index in [1.807, 2.05) is 6.07 Å². The maximum Gasteiger partial charge on any atom is 0.111 e. The van der Waals surface area contributed by atoms with Gasteiger partial charge >= 0.3 is 0 Å². The van der Waals surface area contributed by atoms with Crippen LogP contribution in [0.5, 0.6) is 0 Å². The number of hydrogen-bond acceptors (Lipinski definition) is 1. The summed E-state index contributed by atoms with van der Waals surface area (Å²) in [5.74, 6) is 0.916. The first-order valence-electron chi connectivity index (χ1n) is 7.16. The molecule has 98 valence electrons. The molecule has 0 amide bonds. The summed E-state index contributed by atoms with van der Waals surface area (Å²) in [5, 5.41) is 2.43. The van der Waals surface area contributed by atoms with E-state index < -0.39 is 0 Å². The summed E-state index contributed by atoms with van der Waals surface area (Å²) in [7, 11) is 0. The minimum absolute atomic E-state index is 0.916. The number of benzene rings is 1. The van der Waals surface area contributed by atoms with E-state index in [9.17, 15) is 0 Å². The predicted octanol–water partition coefficient (Wildman–Crippen LogP) is 4.58. The second kappa shape index (κ2) is 6.48. The molecule has 0 unspecified atom stereocenters. The Labute approximate surface area is 110 Å². The predicted molar refractivity (Wildman–Crippen MR) is 79.7 cm³/mol. The van der Waals surface area contributed by atoms with E-state index in [1.54, 1.807) is 0 Å². The Balaban J connectivity index is 1.86. The Hall–Kier alpha value is -1.44. The smallest absolute Gasteiger partial charge is 0.111 e. The fourth-order valence-corrected chi connectivity index (χ4v) is 2.48. The highest BCUT2D eigenvalue weighted by Crippen LogP contribution is 2.23. The first-order chi connectivity index (χ1) is 8.83. The van der Waals surface area contributed by atoms with Crippen LogP contribution in [0, 0.1) is 0 Å². The first-order valence-corrected chi connectivity index (χ1v) is 7.16. The Bertz CT molecular complexity index is 485. The topological polar surface area (TPSA) is 30.9 Å². The van der Waals surface area contributed by atoms with Gasteiger partial charge in [-0.25, -0.2) is 0 Å². The first kappa shape index (κ1) is 13.0. The lowest BCUT2D eigenvalue weighted by atomic mass is 10.1. The summed E-state index contributed by atoms with van der Waals surface area (Å²) in [6.45, 7) is 3.30. The molecule has 0 aliphatic carbocycles. The van der Waals surface area contributed by atoms with Crippen LogP contribution in [0.2, 0.25) is 0 Å². The molecule has 0 spiro atoms. The van der Waals surface area contributed by atoms with Crippen molar-refractivity contribution in [1.82, 2.24) is 4.57 Å². The van der Waals surface area contributed by atoms with Crippen molar-refractivity contribution in [2.24, 2.45) is 0 Å². The van der Waals surface area contributed by atoms with E-state index in [2.05, 4.69) is 35.9 Å². The molecule has 2 N–H and O–H groups in total. The highest BCUT2D eigenvalue weighted by atomic mass is 15.0. The molecule has 0 aliphatic heterocycles. The lowest BCUT2D eigenvalue weighted by molar-refractivity contribution is 0.562. The van der Waals surface area contributed by atoms with E-state index >= 15 is 0 Å². The highest BCUT2D eigenvalue weighted by molar-refractivity contribution is 5.92. The van der Waals surface area contributed by atoms with Crippen LogP contribution in [-0.4, -0.2) is 4.57 Å². The third-order valence-electron chi connectivity index (χ3n) is 3.59. The Morgan fingerprint density at radius 2 is 1.72 bits per heavy atom. The number of anilines is 1. The van der Waals surface area contributed by atoms with E-state index in [-0.39, 0.29) is 0 Å². The van der Waals surface area contributed by atoms with Gasteiger partial charge in [0.15, 0.2) is 0 Å². The standard InChI is InChI=1S/C16H24N2/c1-2-3-4-5-6-9-12-18-13-14-10-7-8-11-15(14)16(18)17/h7-8,10-11,13H,2-6,9,12,17H2,1H3. The maximum absolute atomic E-state index is 6.16. The molecule has 0 atom stereocenters. The summed E-state index contributed by atoms with van der Waals surface area (Å²) < 4.78 is 2.20. The zero-order valence-corrected chi connectivity index (χ0v) is 11.4. The van der Waals surface area contributed by atoms with Gasteiger partial charge < -0.3 is 10.3 Å². The fraction of sp³-hybridized carbons (Fsp3) is 0.500. The summed E-state index contributed by atoms with van der Waals surface area (Å²) in [6.07, 6.45) is 10.1. The maximum atomic E-state index is 6.16. The quantitative estimate of drug-likeness (QED) is 0.710. The van der Waals surface area contributed by atoms with Gasteiger partial charge in [0, 0.05) is 23.5 Å². The van der Waals surface area contributed by atoms with Crippen molar-refractivity contribution in [2.75, 3.05) is 5.73 Å². The number of rotatable bonds is 7. The SMILES string of the molecule is CCCCCCCCn1cc2ccccc2c1N. The number of nitrogens with two attached hydrogens (primary N) is 1. The molecule has 0 saturated heterocycles. The molecule has 0 bridgehead atoms. The van der Waals surface area contributed by atoms with Gasteiger partial charge in [0.1, 0.15) is 5.82 Å². The van der Waals surface area contributed by atoms with Crippen LogP contribution in [-0.2, 0) is 6.54 Å². The fourth-order valence-electron chi connectivity index (χ4n) is 2.48. The van der Waals surface area contributed by atoms with E-state index in [0.29, 0.717) is 0 Å². The Morgan fingerprint density at radius 3 is 2.50 bits per heavy atom. The van der Waals surface area contributed by atoms with Crippen LogP contribution >= 0.6 is 0 Å². The molecule has 18 heavy (non-hydrogen) atoms. The molecule has 1 aromatic carbocycles. The van der Waals surface area contributed by atoms with Gasteiger partial charge in [-0.05, 0) is 6.42 Å². The van der Waals surface area contributed by atoms with Crippen LogP contribution in [0.1, 0.15) is 45.4 Å². The molecule has 2 heteroatoms. The molecule has 0 fully saturated rings. The zero-order valence-electron chi connectivity index (χ0n) is 11.4. The molecule has 0 aliphatic rings. The van der Waals surface area contributed by atoms with E-state index in [4.69, 9.17) is 5.73 Å². The van der Waals surface area contributed by atoms with Gasteiger partial charge in [0.05, 0.1) is 0 Å². The van der Waals surface area contributed by atoms with Gasteiger partial charge in [-0.2, -0.15) is 0 Å². The van der Waals surface area contributed by atoms with Gasteiger partial charge in [0.2, 0.25) is 0 Å². The number of unbranched alkanes of at least 4 members (excludes halogenated alkanes) is 5. The van der Waals surface area contributed by atoms with E-state index in [1.165, 1.54) is 49.3 Å². The van der Waals surface area contributed by atoms with Gasteiger partial charge in [-0.3, -0.25) is 0 Å². The molecule has 2 aromatic rings. The minimum atomic E-state index is 0.916. The molecule has 0 radical (unpaired) electrons. The summed E-state index contributed by atoms with van der Waals surface area (Å²) in [4.78, 5) is 0. The van der Waals surface area contributed by atoms with Crippen LogP contribution < -0.4 is 5.73 Å². The molecule has 0 saturated carbocycles. The van der Waals surface area contributed by atoms with Gasteiger partial charge in [0.25, 0.3) is 0 Å². The number of nitrogens with zero attached hydrogens (tertiary/aromatic N) is 1. The second-order valence-electron chi connectivity index (χ2n) is 5.06. The van der Waals surface area contributed by atoms with E-state index in [0.717, 1.165) is 12.4 Å². The number of fused-ring (bicyclic) bond motifs is 1. The third kappa shape index (κ3) is 3.06. The minimum Gasteiger partial charge on any atom is -0.385 e. The third-order valence-corrected chi connectivity index (χ3v) is 3.59. The van der Waals surface area contributed by atoms with Crippen molar-refractivity contribution in [3.05, 3.63) is 30.5 Å². The molecule has 1 heterocycles. The van der Waals surface area contributed by atoms with Gasteiger partial charge in [-0.1, -0.05) is 63.3 Å². The van der Waals surface area contributed by atoms with Gasteiger partial charge in [-0.15, -0.1) is 0 Å². The van der Waals surface area contributed by atoms with Crippen LogP contribution in [0.25, 0.3) is 10.8 Å². The summed E-state index contributed by atoms with van der Waals surface area (Å²) in [6, 6.07) is 8.34. The molecule has 2 rings (SSSR count). The highest BCUT2D eigenvalue weighted by Gasteiger charge is 2.04. The average molecular weight is 244 g/mol.